The molecule has 5 rings (SSSR count). The zero-order valence-electron chi connectivity index (χ0n) is 86.8. The molecule has 808 valence electrons. The van der Waals surface area contributed by atoms with Gasteiger partial charge in [0, 0.05) is 155 Å². The monoisotopic (exact) mass is 2020 g/mol. The van der Waals surface area contributed by atoms with E-state index in [1.54, 1.807) is 56.9 Å². The number of methoxy groups -OCH3 is 8. The van der Waals surface area contributed by atoms with Crippen LogP contribution in [0.2, 0.25) is 0 Å². The average Bonchev–Trinajstić information content (AvgIpc) is 0.812. The Labute approximate surface area is 847 Å². The van der Waals surface area contributed by atoms with Crippen LogP contribution in [0, 0.1) is 11.8 Å². The number of hydrogen-bond donors (Lipinski definition) is 0. The number of nitrogens with zero attached hydrogens (tertiary/aromatic N) is 4. The van der Waals surface area contributed by atoms with Gasteiger partial charge in [-0.2, -0.15) is 0 Å². The minimum absolute atomic E-state index is 0.435. The van der Waals surface area contributed by atoms with Gasteiger partial charge in [-0.1, -0.05) is 0 Å². The molecule has 0 saturated heterocycles. The molecule has 0 bridgehead atoms. The number of anilines is 4. The predicted octanol–water partition coefficient (Wildman–Crippen LogP) is 7.38. The minimum Gasteiger partial charge on any atom is -0.382 e. The molecule has 0 aromatic heterocycles. The molecule has 0 heterocycles. The van der Waals surface area contributed by atoms with Gasteiger partial charge in [0.1, 0.15) is 0 Å². The standard InChI is InChI=1S/C106H174N4O32/c1-111-45-53-127-77-85-135-69-61-119-37-29-107(30-38-120-62-70-136-86-78-128-54-46-112-2)101-21-13-97(14-22-101)105(98-15-23-102(24-16-98)108(31-39-121-63-71-137-87-79-129-55-47-113-3)32-40-122-64-72-138-88-80-130-56-48-114-4)93-95-9-11-96(12-10-95)94-106(99-17-25-103(26-18-99)109(33-41-123-65-73-139-89-81-131-57-49-115-5)34-42-124-66-74-140-90-82-132-58-50-116-6)100-19-27-104(28-20-100)110(35-43-125-67-75-141-91-83-133-59-51-117-7)36-44-126-68-76-142-92-84-134-60-52-118-8/h9-28,93-94H,29-92H2,1-8H3/q+2. The summed E-state index contributed by atoms with van der Waals surface area (Å²) < 4.78 is 182. The van der Waals surface area contributed by atoms with Crippen LogP contribution < -0.4 is 30.0 Å². The maximum Gasteiger partial charge on any atom is 0.0701 e. The normalized spacial score (nSPS) is 11.5. The van der Waals surface area contributed by atoms with Crippen LogP contribution in [0.1, 0.15) is 22.3 Å². The maximum atomic E-state index is 6.18. The van der Waals surface area contributed by atoms with Crippen molar-refractivity contribution in [2.75, 3.05) is 499 Å². The van der Waals surface area contributed by atoms with Gasteiger partial charge < -0.3 is 171 Å². The van der Waals surface area contributed by atoms with E-state index in [1.165, 1.54) is 0 Å². The Morgan fingerprint density at radius 3 is 0.359 bits per heavy atom. The quantitative estimate of drug-likeness (QED) is 0.0270. The van der Waals surface area contributed by atoms with Crippen molar-refractivity contribution < 1.29 is 152 Å². The van der Waals surface area contributed by atoms with Gasteiger partial charge in [0.25, 0.3) is 0 Å². The van der Waals surface area contributed by atoms with Gasteiger partial charge >= 0.3 is 0 Å². The molecule has 0 amide bonds. The molecule has 0 unspecified atom stereocenters. The maximum absolute atomic E-state index is 6.18. The first kappa shape index (κ1) is 126. The third-order valence-corrected chi connectivity index (χ3v) is 21.2. The third-order valence-electron chi connectivity index (χ3n) is 21.2. The third kappa shape index (κ3) is 66.7. The molecule has 0 aliphatic rings. The van der Waals surface area contributed by atoms with E-state index in [9.17, 15) is 0 Å². The Balaban J connectivity index is 1.58. The van der Waals surface area contributed by atoms with Crippen LogP contribution in [0.15, 0.2) is 121 Å². The van der Waals surface area contributed by atoms with Crippen LogP contribution >= 0.6 is 0 Å². The lowest BCUT2D eigenvalue weighted by atomic mass is 9.89. The smallest absolute Gasteiger partial charge is 0.0701 e. The summed E-state index contributed by atoms with van der Waals surface area (Å²) >= 11 is 0. The number of hydrogen-bond acceptors (Lipinski definition) is 36. The molecule has 0 spiro atoms. The van der Waals surface area contributed by atoms with Crippen LogP contribution in [0.4, 0.5) is 22.7 Å². The fourth-order valence-electron chi connectivity index (χ4n) is 13.4. The van der Waals surface area contributed by atoms with Crippen molar-refractivity contribution in [3.63, 3.8) is 0 Å². The molecule has 0 saturated carbocycles. The molecule has 0 radical (unpaired) electrons. The van der Waals surface area contributed by atoms with E-state index in [0.29, 0.717) is 422 Å². The van der Waals surface area contributed by atoms with E-state index in [-0.39, 0.29) is 0 Å². The molecule has 0 fully saturated rings. The summed E-state index contributed by atoms with van der Waals surface area (Å²) in [7, 11) is 13.2. The summed E-state index contributed by atoms with van der Waals surface area (Å²) in [5.41, 5.74) is 8.12. The highest BCUT2D eigenvalue weighted by Gasteiger charge is 2.24. The molecule has 5 aromatic rings. The highest BCUT2D eigenvalue weighted by Crippen LogP contribution is 2.32. The fourth-order valence-corrected chi connectivity index (χ4v) is 13.4. The SMILES string of the molecule is COCCOCCOCCOCCN(CCOCCOCCOCCOC)c1ccc([C+](C=c2ccc(=C[C+](c3ccc(N(CCOCCOCCOCCOC)CCOCCOCCOCCOC)cc3)c3ccc(N(CCOCCOCCOCCOC)CCOCCOCCOCCOC)cc3)cc2)c2ccc(N(CCOCCOCCOCCOC)CCOCCOCCOCCOC)cc2)cc1. The zero-order valence-corrected chi connectivity index (χ0v) is 86.8. The van der Waals surface area contributed by atoms with E-state index >= 15 is 0 Å². The summed E-state index contributed by atoms with van der Waals surface area (Å²) in [5, 5.41) is 1.99. The van der Waals surface area contributed by atoms with Gasteiger partial charge in [0.05, 0.1) is 404 Å². The molecule has 36 nitrogen and oxygen atoms in total. The molecule has 142 heavy (non-hydrogen) atoms. The summed E-state index contributed by atoms with van der Waals surface area (Å²) in [5.74, 6) is 2.03. The Kier molecular flexibility index (Phi) is 83.6. The van der Waals surface area contributed by atoms with Crippen LogP contribution in [0.3, 0.4) is 0 Å². The van der Waals surface area contributed by atoms with Crippen molar-refractivity contribution in [1.82, 2.24) is 0 Å². The first-order valence-corrected chi connectivity index (χ1v) is 50.1. The van der Waals surface area contributed by atoms with Gasteiger partial charge in [-0.3, -0.25) is 0 Å². The van der Waals surface area contributed by atoms with Gasteiger partial charge in [0.2, 0.25) is 0 Å². The fraction of sp³-hybridized carbons (Fsp3) is 0.679. The first-order chi connectivity index (χ1) is 70.4. The second-order valence-electron chi connectivity index (χ2n) is 31.6. The molecular formula is C106H174N4O32+2. The molecule has 36 heteroatoms. The Morgan fingerprint density at radius 2 is 0.246 bits per heavy atom. The van der Waals surface area contributed by atoms with Crippen molar-refractivity contribution in [2.45, 2.75) is 0 Å². The van der Waals surface area contributed by atoms with Crippen LogP contribution in [0.5, 0.6) is 0 Å². The molecule has 0 aliphatic carbocycles. The number of benzene rings is 5. The largest absolute Gasteiger partial charge is 0.382 e. The van der Waals surface area contributed by atoms with E-state index in [0.717, 1.165) is 67.3 Å². The van der Waals surface area contributed by atoms with Crippen LogP contribution in [0.25, 0.3) is 12.2 Å². The number of ether oxygens (including phenoxy) is 32. The van der Waals surface area contributed by atoms with Crippen LogP contribution in [-0.2, 0) is 152 Å². The summed E-state index contributed by atoms with van der Waals surface area (Å²) in [6.45, 7) is 31.6. The van der Waals surface area contributed by atoms with Crippen molar-refractivity contribution in [3.05, 3.63) is 166 Å². The highest BCUT2D eigenvalue weighted by molar-refractivity contribution is 5.69. The first-order valence-electron chi connectivity index (χ1n) is 50.1. The Morgan fingerprint density at radius 1 is 0.141 bits per heavy atom. The second kappa shape index (κ2) is 94.2. The molecule has 5 aromatic carbocycles. The van der Waals surface area contributed by atoms with E-state index in [1.807, 2.05) is 0 Å². The predicted molar refractivity (Wildman–Crippen MR) is 547 cm³/mol. The van der Waals surface area contributed by atoms with E-state index in [2.05, 4.69) is 153 Å². The molecule has 0 N–H and O–H groups in total. The van der Waals surface area contributed by atoms with Crippen LogP contribution in [-0.4, -0.2) is 479 Å². The van der Waals surface area contributed by atoms with Crippen molar-refractivity contribution in [3.8, 4) is 0 Å². The zero-order chi connectivity index (χ0) is 101. The lowest BCUT2D eigenvalue weighted by Gasteiger charge is -2.25. The second-order valence-corrected chi connectivity index (χ2v) is 31.6. The summed E-state index contributed by atoms with van der Waals surface area (Å²) in [6, 6.07) is 43.7. The summed E-state index contributed by atoms with van der Waals surface area (Å²) in [4.78, 5) is 9.16. The van der Waals surface area contributed by atoms with E-state index in [4.69, 9.17) is 152 Å². The molecule has 0 atom stereocenters. The minimum atomic E-state index is 0.435. The lowest BCUT2D eigenvalue weighted by Crippen LogP contribution is -2.31. The average molecular weight is 2020 g/mol. The topological polar surface area (TPSA) is 308 Å². The van der Waals surface area contributed by atoms with Crippen molar-refractivity contribution in [2.24, 2.45) is 0 Å². The number of rotatable bonds is 106. The highest BCUT2D eigenvalue weighted by atomic mass is 16.6. The molecular weight excluding hydrogens is 1840 g/mol. The van der Waals surface area contributed by atoms with E-state index < -0.39 is 0 Å². The van der Waals surface area contributed by atoms with Crippen molar-refractivity contribution >= 4 is 34.9 Å². The van der Waals surface area contributed by atoms with Gasteiger partial charge in [-0.25, -0.2) is 0 Å². The lowest BCUT2D eigenvalue weighted by molar-refractivity contribution is 0.00301. The van der Waals surface area contributed by atoms with Gasteiger partial charge in [-0.05, 0) is 121 Å². The Hall–Kier alpha value is -6.50. The van der Waals surface area contributed by atoms with Gasteiger partial charge in [0.15, 0.2) is 0 Å². The van der Waals surface area contributed by atoms with Gasteiger partial charge in [-0.15, -0.1) is 0 Å². The van der Waals surface area contributed by atoms with Crippen molar-refractivity contribution in [1.29, 1.82) is 0 Å². The summed E-state index contributed by atoms with van der Waals surface area (Å²) in [6.07, 6.45) is 4.53. The Bertz CT molecular complexity index is 3100. The molecule has 0 aliphatic heterocycles.